The number of nitrogens with zero attached hydrogens (tertiary/aromatic N) is 3. The second-order valence-electron chi connectivity index (χ2n) is 9.61. The van der Waals surface area contributed by atoms with Crippen molar-refractivity contribution in [3.05, 3.63) is 22.4 Å². The summed E-state index contributed by atoms with van der Waals surface area (Å²) in [4.78, 5) is 31.0. The van der Waals surface area contributed by atoms with Gasteiger partial charge in [0.1, 0.15) is 0 Å². The quantitative estimate of drug-likeness (QED) is 0.634. The Morgan fingerprint density at radius 1 is 1.03 bits per heavy atom. The maximum atomic E-state index is 12.8. The number of thiophene rings is 1. The molecule has 0 bridgehead atoms. The van der Waals surface area contributed by atoms with Crippen molar-refractivity contribution in [3.63, 3.8) is 0 Å². The van der Waals surface area contributed by atoms with Gasteiger partial charge in [-0.15, -0.1) is 0 Å². The lowest BCUT2D eigenvalue weighted by atomic mass is 9.96. The van der Waals surface area contributed by atoms with Crippen molar-refractivity contribution in [2.24, 2.45) is 11.8 Å². The summed E-state index contributed by atoms with van der Waals surface area (Å²) in [5, 5.41) is 7.64. The Labute approximate surface area is 196 Å². The van der Waals surface area contributed by atoms with Gasteiger partial charge in [0.25, 0.3) is 0 Å². The molecule has 3 heterocycles. The average Bonchev–Trinajstić information content (AvgIpc) is 3.46. The third kappa shape index (κ3) is 6.85. The van der Waals surface area contributed by atoms with Crippen molar-refractivity contribution in [1.82, 2.24) is 20.0 Å². The second kappa shape index (κ2) is 11.4. The highest BCUT2D eigenvalue weighted by Crippen LogP contribution is 2.31. The monoisotopic (exact) mass is 462 g/mol. The van der Waals surface area contributed by atoms with Crippen LogP contribution in [0.5, 0.6) is 0 Å². The summed E-state index contributed by atoms with van der Waals surface area (Å²) in [5.41, 5.74) is 1.43. The van der Waals surface area contributed by atoms with Crippen LogP contribution in [-0.2, 0) is 11.3 Å². The van der Waals surface area contributed by atoms with Gasteiger partial charge in [0, 0.05) is 51.9 Å². The van der Waals surface area contributed by atoms with E-state index in [9.17, 15) is 9.59 Å². The van der Waals surface area contributed by atoms with E-state index in [4.69, 9.17) is 4.74 Å². The van der Waals surface area contributed by atoms with Gasteiger partial charge in [0.05, 0.1) is 6.61 Å². The van der Waals surface area contributed by atoms with Crippen molar-refractivity contribution in [2.75, 3.05) is 45.9 Å². The number of urea groups is 1. The molecule has 0 atom stereocenters. The summed E-state index contributed by atoms with van der Waals surface area (Å²) in [6, 6.07) is 2.45. The number of rotatable bonds is 8. The maximum Gasteiger partial charge on any atom is 0.409 e. The van der Waals surface area contributed by atoms with Gasteiger partial charge in [-0.2, -0.15) is 11.3 Å². The van der Waals surface area contributed by atoms with Crippen LogP contribution in [-0.4, -0.2) is 78.7 Å². The van der Waals surface area contributed by atoms with Crippen LogP contribution in [0, 0.1) is 11.8 Å². The van der Waals surface area contributed by atoms with E-state index >= 15 is 0 Å². The molecular weight excluding hydrogens is 424 g/mol. The average molecular weight is 463 g/mol. The molecule has 7 nitrogen and oxygen atoms in total. The van der Waals surface area contributed by atoms with Crippen molar-refractivity contribution < 1.29 is 14.3 Å². The SMILES string of the molecule is CCOC(=O)N1CCC(NC(=O)N2CCC(CN(Cc3ccsc3)CC3CC3)CC2)CC1. The highest BCUT2D eigenvalue weighted by atomic mass is 32.1. The van der Waals surface area contributed by atoms with E-state index in [0.717, 1.165) is 57.8 Å². The molecule has 178 valence electrons. The molecule has 8 heteroatoms. The molecule has 0 aromatic carbocycles. The van der Waals surface area contributed by atoms with E-state index in [-0.39, 0.29) is 18.2 Å². The fourth-order valence-electron chi connectivity index (χ4n) is 4.88. The molecule has 0 radical (unpaired) electrons. The van der Waals surface area contributed by atoms with Crippen LogP contribution < -0.4 is 5.32 Å². The van der Waals surface area contributed by atoms with Crippen molar-refractivity contribution in [3.8, 4) is 0 Å². The zero-order valence-corrected chi connectivity index (χ0v) is 20.2. The van der Waals surface area contributed by atoms with Crippen LogP contribution >= 0.6 is 11.3 Å². The molecule has 1 saturated carbocycles. The molecule has 32 heavy (non-hydrogen) atoms. The van der Waals surface area contributed by atoms with Gasteiger partial charge < -0.3 is 19.9 Å². The standard InChI is InChI=1S/C24H38N4O3S/c1-2-31-24(30)28-12-7-22(8-13-28)25-23(29)27-10-5-20(6-11-27)16-26(15-19-3-4-19)17-21-9-14-32-18-21/h9,14,18-20,22H,2-8,10-13,15-17H2,1H3,(H,25,29). The van der Waals surface area contributed by atoms with Crippen LogP contribution in [0.4, 0.5) is 9.59 Å². The predicted molar refractivity (Wildman–Crippen MR) is 127 cm³/mol. The fourth-order valence-corrected chi connectivity index (χ4v) is 5.54. The molecule has 1 aromatic rings. The minimum atomic E-state index is -0.242. The summed E-state index contributed by atoms with van der Waals surface area (Å²) < 4.78 is 5.07. The number of hydrogen-bond donors (Lipinski definition) is 1. The first-order chi connectivity index (χ1) is 15.6. The Hall–Kier alpha value is -1.80. The Bertz CT molecular complexity index is 724. The molecule has 3 aliphatic rings. The van der Waals surface area contributed by atoms with Gasteiger partial charge in [0.2, 0.25) is 0 Å². The van der Waals surface area contributed by atoms with E-state index in [0.29, 0.717) is 25.6 Å². The zero-order chi connectivity index (χ0) is 22.3. The molecule has 1 aromatic heterocycles. The van der Waals surface area contributed by atoms with Crippen LogP contribution in [0.3, 0.4) is 0 Å². The highest BCUT2D eigenvalue weighted by Gasteiger charge is 2.30. The molecule has 4 rings (SSSR count). The summed E-state index contributed by atoms with van der Waals surface area (Å²) in [6.45, 7) is 8.63. The normalized spacial score (nSPS) is 20.6. The van der Waals surface area contributed by atoms with Crippen LogP contribution in [0.15, 0.2) is 16.8 Å². The summed E-state index contributed by atoms with van der Waals surface area (Å²) in [6.07, 6.45) is 6.28. The predicted octanol–water partition coefficient (Wildman–Crippen LogP) is 4.00. The van der Waals surface area contributed by atoms with Crippen LogP contribution in [0.25, 0.3) is 0 Å². The zero-order valence-electron chi connectivity index (χ0n) is 19.3. The number of piperidine rings is 2. The molecule has 3 amide bonds. The van der Waals surface area contributed by atoms with Crippen LogP contribution in [0.2, 0.25) is 0 Å². The van der Waals surface area contributed by atoms with Gasteiger partial charge in [-0.05, 0) is 79.7 Å². The molecule has 1 N–H and O–H groups in total. The number of carbonyl (C=O) groups is 2. The molecule has 2 saturated heterocycles. The van der Waals surface area contributed by atoms with E-state index in [1.807, 2.05) is 11.8 Å². The third-order valence-corrected chi connectivity index (χ3v) is 7.70. The van der Waals surface area contributed by atoms with Gasteiger partial charge in [-0.1, -0.05) is 0 Å². The molecule has 1 aliphatic carbocycles. The number of ether oxygens (including phenoxy) is 1. The summed E-state index contributed by atoms with van der Waals surface area (Å²) in [5.74, 6) is 1.57. The van der Waals surface area contributed by atoms with E-state index in [1.165, 1.54) is 24.9 Å². The van der Waals surface area contributed by atoms with Gasteiger partial charge in [-0.25, -0.2) is 9.59 Å². The van der Waals surface area contributed by atoms with Gasteiger partial charge >= 0.3 is 12.1 Å². The number of hydrogen-bond acceptors (Lipinski definition) is 5. The number of nitrogens with one attached hydrogen (secondary N) is 1. The lowest BCUT2D eigenvalue weighted by Crippen LogP contribution is -2.52. The molecule has 2 aliphatic heterocycles. The Balaban J connectivity index is 1.17. The molecule has 0 unspecified atom stereocenters. The largest absolute Gasteiger partial charge is 0.450 e. The number of amides is 3. The first-order valence-corrected chi connectivity index (χ1v) is 13.3. The summed E-state index contributed by atoms with van der Waals surface area (Å²) >= 11 is 1.78. The Morgan fingerprint density at radius 2 is 1.69 bits per heavy atom. The lowest BCUT2D eigenvalue weighted by molar-refractivity contribution is 0.0944. The van der Waals surface area contributed by atoms with E-state index in [1.54, 1.807) is 16.2 Å². The van der Waals surface area contributed by atoms with Crippen molar-refractivity contribution in [2.45, 2.75) is 58.0 Å². The van der Waals surface area contributed by atoms with Gasteiger partial charge in [-0.3, -0.25) is 4.90 Å². The Kier molecular flexibility index (Phi) is 8.30. The third-order valence-electron chi connectivity index (χ3n) is 6.97. The number of carbonyl (C=O) groups excluding carboxylic acids is 2. The summed E-state index contributed by atoms with van der Waals surface area (Å²) in [7, 11) is 0. The maximum absolute atomic E-state index is 12.8. The first-order valence-electron chi connectivity index (χ1n) is 12.3. The smallest absolute Gasteiger partial charge is 0.409 e. The molecule has 0 spiro atoms. The highest BCUT2D eigenvalue weighted by molar-refractivity contribution is 7.07. The second-order valence-corrected chi connectivity index (χ2v) is 10.4. The van der Waals surface area contributed by atoms with Gasteiger partial charge in [0.15, 0.2) is 0 Å². The first kappa shape index (κ1) is 23.4. The Morgan fingerprint density at radius 3 is 2.28 bits per heavy atom. The van der Waals surface area contributed by atoms with E-state index in [2.05, 4.69) is 27.0 Å². The molecule has 3 fully saturated rings. The fraction of sp³-hybridized carbons (Fsp3) is 0.750. The minimum Gasteiger partial charge on any atom is -0.450 e. The molecular formula is C24H38N4O3S. The lowest BCUT2D eigenvalue weighted by Gasteiger charge is -2.37. The minimum absolute atomic E-state index is 0.0612. The van der Waals surface area contributed by atoms with Crippen LogP contribution in [0.1, 0.15) is 51.0 Å². The van der Waals surface area contributed by atoms with Crippen molar-refractivity contribution in [1.29, 1.82) is 0 Å². The number of likely N-dealkylation sites (tertiary alicyclic amines) is 2. The van der Waals surface area contributed by atoms with Crippen molar-refractivity contribution >= 4 is 23.5 Å². The topological polar surface area (TPSA) is 65.1 Å². The van der Waals surface area contributed by atoms with E-state index < -0.39 is 0 Å².